The van der Waals surface area contributed by atoms with Crippen LogP contribution in [0.5, 0.6) is 0 Å². The Bertz CT molecular complexity index is 428. The van der Waals surface area contributed by atoms with Crippen LogP contribution in [0.1, 0.15) is 32.6 Å². The van der Waals surface area contributed by atoms with Gasteiger partial charge in [0.15, 0.2) is 0 Å². The average Bonchev–Trinajstić information content (AvgIpc) is 2.78. The van der Waals surface area contributed by atoms with Gasteiger partial charge in [-0.2, -0.15) is 13.2 Å². The number of ether oxygens (including phenoxy) is 1. The van der Waals surface area contributed by atoms with E-state index in [2.05, 4.69) is 0 Å². The number of amides is 1. The van der Waals surface area contributed by atoms with Crippen LogP contribution in [-0.4, -0.2) is 66.2 Å². The summed E-state index contributed by atoms with van der Waals surface area (Å²) < 4.78 is 42.4. The minimum Gasteiger partial charge on any atom is -0.465 e. The van der Waals surface area contributed by atoms with Crippen LogP contribution in [0.3, 0.4) is 0 Å². The summed E-state index contributed by atoms with van der Waals surface area (Å²) in [5, 5.41) is 0. The highest BCUT2D eigenvalue weighted by molar-refractivity contribution is 5.85. The van der Waals surface area contributed by atoms with Crippen LogP contribution in [-0.2, 0) is 14.3 Å². The summed E-state index contributed by atoms with van der Waals surface area (Å²) in [7, 11) is 0. The van der Waals surface area contributed by atoms with Gasteiger partial charge in [-0.25, -0.2) is 0 Å². The first-order valence-electron chi connectivity index (χ1n) is 7.61. The van der Waals surface area contributed by atoms with Crippen LogP contribution in [0.4, 0.5) is 13.2 Å². The summed E-state index contributed by atoms with van der Waals surface area (Å²) in [6, 6.07) is -1.16. The lowest BCUT2D eigenvalue weighted by atomic mass is 9.99. The van der Waals surface area contributed by atoms with E-state index in [0.29, 0.717) is 19.4 Å². The molecule has 2 saturated heterocycles. The lowest BCUT2D eigenvalue weighted by Gasteiger charge is -2.37. The lowest BCUT2D eigenvalue weighted by molar-refractivity contribution is -0.161. The van der Waals surface area contributed by atoms with Gasteiger partial charge in [-0.3, -0.25) is 14.5 Å². The second-order valence-electron chi connectivity index (χ2n) is 5.68. The van der Waals surface area contributed by atoms with Crippen LogP contribution < -0.4 is 0 Å². The summed E-state index contributed by atoms with van der Waals surface area (Å²) in [6.07, 6.45) is -1.80. The van der Waals surface area contributed by atoms with Crippen molar-refractivity contribution >= 4 is 11.9 Å². The summed E-state index contributed by atoms with van der Waals surface area (Å²) in [4.78, 5) is 26.8. The number of esters is 1. The number of hydrogen-bond acceptors (Lipinski definition) is 4. The van der Waals surface area contributed by atoms with Gasteiger partial charge in [-0.05, 0) is 32.7 Å². The van der Waals surface area contributed by atoms with Gasteiger partial charge < -0.3 is 9.64 Å². The molecule has 2 unspecified atom stereocenters. The van der Waals surface area contributed by atoms with Crippen molar-refractivity contribution in [2.24, 2.45) is 0 Å². The second kappa shape index (κ2) is 6.85. The molecule has 22 heavy (non-hydrogen) atoms. The van der Waals surface area contributed by atoms with Gasteiger partial charge in [-0.1, -0.05) is 6.42 Å². The number of carbonyl (C=O) groups is 2. The van der Waals surface area contributed by atoms with E-state index in [1.807, 2.05) is 0 Å². The number of carbonyl (C=O) groups excluding carboxylic acids is 2. The molecule has 0 aromatic rings. The molecule has 2 heterocycles. The first-order chi connectivity index (χ1) is 10.3. The fourth-order valence-corrected chi connectivity index (χ4v) is 3.22. The Morgan fingerprint density at radius 3 is 2.64 bits per heavy atom. The van der Waals surface area contributed by atoms with Gasteiger partial charge in [0.1, 0.15) is 12.6 Å². The monoisotopic (exact) mass is 322 g/mol. The normalized spacial score (nSPS) is 27.3. The maximum absolute atomic E-state index is 12.5. The number of piperidine rings is 1. The maximum Gasteiger partial charge on any atom is 0.406 e. The number of rotatable bonds is 4. The molecular weight excluding hydrogens is 301 g/mol. The number of halogens is 3. The van der Waals surface area contributed by atoms with E-state index in [4.69, 9.17) is 4.74 Å². The molecular formula is C14H21F3N2O3. The molecule has 0 aromatic carbocycles. The van der Waals surface area contributed by atoms with Crippen LogP contribution in [0.2, 0.25) is 0 Å². The van der Waals surface area contributed by atoms with Crippen LogP contribution in [0.15, 0.2) is 0 Å². The molecule has 0 aromatic heterocycles. The SMILES string of the molecule is CCOC(=O)C1CCCCN1C1CCN(CC(F)(F)F)C1=O. The third-order valence-corrected chi connectivity index (χ3v) is 4.14. The van der Waals surface area contributed by atoms with Crippen molar-refractivity contribution < 1.29 is 27.5 Å². The molecule has 2 atom stereocenters. The smallest absolute Gasteiger partial charge is 0.406 e. The predicted molar refractivity (Wildman–Crippen MR) is 72.0 cm³/mol. The fraction of sp³-hybridized carbons (Fsp3) is 0.857. The van der Waals surface area contributed by atoms with E-state index < -0.39 is 30.7 Å². The highest BCUT2D eigenvalue weighted by Gasteiger charge is 2.45. The molecule has 0 saturated carbocycles. The Kier molecular flexibility index (Phi) is 5.31. The molecule has 5 nitrogen and oxygen atoms in total. The van der Waals surface area contributed by atoms with Gasteiger partial charge in [-0.15, -0.1) is 0 Å². The number of hydrogen-bond donors (Lipinski definition) is 0. The molecule has 0 radical (unpaired) electrons. The zero-order valence-electron chi connectivity index (χ0n) is 12.6. The van der Waals surface area contributed by atoms with E-state index >= 15 is 0 Å². The van der Waals surface area contributed by atoms with Crippen LogP contribution in [0.25, 0.3) is 0 Å². The van der Waals surface area contributed by atoms with Crippen molar-refractivity contribution in [3.63, 3.8) is 0 Å². The fourth-order valence-electron chi connectivity index (χ4n) is 3.22. The molecule has 0 aliphatic carbocycles. The van der Waals surface area contributed by atoms with Gasteiger partial charge in [0.25, 0.3) is 0 Å². The van der Waals surface area contributed by atoms with Gasteiger partial charge in [0.2, 0.25) is 5.91 Å². The van der Waals surface area contributed by atoms with E-state index in [1.165, 1.54) is 0 Å². The molecule has 0 spiro atoms. The van der Waals surface area contributed by atoms with E-state index in [-0.39, 0.29) is 19.1 Å². The van der Waals surface area contributed by atoms with Crippen LogP contribution >= 0.6 is 0 Å². The number of nitrogens with zero attached hydrogens (tertiary/aromatic N) is 2. The molecule has 2 fully saturated rings. The van der Waals surface area contributed by atoms with Gasteiger partial charge >= 0.3 is 12.1 Å². The zero-order valence-corrected chi connectivity index (χ0v) is 12.6. The standard InChI is InChI=1S/C14H21F3N2O3/c1-2-22-13(21)11-5-3-4-7-19(11)10-6-8-18(12(10)20)9-14(15,16)17/h10-11H,2-9H2,1H3. The Morgan fingerprint density at radius 2 is 2.00 bits per heavy atom. The quantitative estimate of drug-likeness (QED) is 0.737. The second-order valence-corrected chi connectivity index (χ2v) is 5.68. The Balaban J connectivity index is 2.05. The lowest BCUT2D eigenvalue weighted by Crippen LogP contribution is -2.53. The van der Waals surface area contributed by atoms with Crippen molar-refractivity contribution in [2.75, 3.05) is 26.2 Å². The van der Waals surface area contributed by atoms with Gasteiger partial charge in [0, 0.05) is 6.54 Å². The molecule has 0 N–H and O–H groups in total. The summed E-state index contributed by atoms with van der Waals surface area (Å²) in [5.41, 5.74) is 0. The van der Waals surface area contributed by atoms with Crippen molar-refractivity contribution in [3.05, 3.63) is 0 Å². The zero-order chi connectivity index (χ0) is 16.3. The van der Waals surface area contributed by atoms with E-state index in [9.17, 15) is 22.8 Å². The summed E-state index contributed by atoms with van der Waals surface area (Å²) >= 11 is 0. The first kappa shape index (κ1) is 17.1. The van der Waals surface area contributed by atoms with Crippen molar-refractivity contribution in [1.82, 2.24) is 9.80 Å². The van der Waals surface area contributed by atoms with Crippen LogP contribution in [0, 0.1) is 0 Å². The third kappa shape index (κ3) is 3.91. The topological polar surface area (TPSA) is 49.9 Å². The minimum absolute atomic E-state index is 0.0784. The molecule has 2 aliphatic heterocycles. The first-order valence-corrected chi connectivity index (χ1v) is 7.61. The maximum atomic E-state index is 12.5. The number of likely N-dealkylation sites (tertiary alicyclic amines) is 2. The highest BCUT2D eigenvalue weighted by Crippen LogP contribution is 2.28. The average molecular weight is 322 g/mol. The molecule has 126 valence electrons. The molecule has 2 rings (SSSR count). The van der Waals surface area contributed by atoms with Crippen molar-refractivity contribution in [1.29, 1.82) is 0 Å². The highest BCUT2D eigenvalue weighted by atomic mass is 19.4. The Hall–Kier alpha value is -1.31. The van der Waals surface area contributed by atoms with E-state index in [1.54, 1.807) is 11.8 Å². The van der Waals surface area contributed by atoms with E-state index in [0.717, 1.165) is 17.7 Å². The van der Waals surface area contributed by atoms with Gasteiger partial charge in [0.05, 0.1) is 12.6 Å². The summed E-state index contributed by atoms with van der Waals surface area (Å²) in [5.74, 6) is -0.919. The molecule has 1 amide bonds. The summed E-state index contributed by atoms with van der Waals surface area (Å²) in [6.45, 7) is 1.36. The molecule has 2 aliphatic rings. The van der Waals surface area contributed by atoms with Crippen molar-refractivity contribution in [3.8, 4) is 0 Å². The minimum atomic E-state index is -4.40. The predicted octanol–water partition coefficient (Wildman–Crippen LogP) is 1.57. The largest absolute Gasteiger partial charge is 0.465 e. The number of alkyl halides is 3. The Labute approximate surface area is 127 Å². The molecule has 0 bridgehead atoms. The Morgan fingerprint density at radius 1 is 1.27 bits per heavy atom. The molecule has 8 heteroatoms. The van der Waals surface area contributed by atoms with Crippen molar-refractivity contribution in [2.45, 2.75) is 50.9 Å². The third-order valence-electron chi connectivity index (χ3n) is 4.14.